The standard InChI is InChI=1S/Bi.2O.Ti.H. The van der Waals surface area contributed by atoms with E-state index in [1.54, 1.807) is 0 Å². The predicted molar refractivity (Wildman–Crippen MR) is 8.52 cm³/mol. The predicted octanol–water partition coefficient (Wildman–Crippen LogP) is -0.889. The van der Waals surface area contributed by atoms with E-state index in [2.05, 4.69) is 0 Å². The monoisotopic (exact) mass is 290 g/mol. The number of rotatable bonds is 0. The molecule has 0 bridgehead atoms. The molecule has 0 heterocycles. The van der Waals surface area contributed by atoms with Crippen LogP contribution in [0.2, 0.25) is 0 Å². The Morgan fingerprint density at radius 1 is 1.25 bits per heavy atom. The van der Waals surface area contributed by atoms with Crippen LogP contribution in [0.5, 0.6) is 0 Å². The third-order valence-corrected chi connectivity index (χ3v) is 0. The fourth-order valence-corrected chi connectivity index (χ4v) is 0. The van der Waals surface area contributed by atoms with E-state index in [4.69, 9.17) is 6.14 Å². The molecular weight excluding hydrogens is 289 g/mol. The van der Waals surface area contributed by atoms with Crippen LogP contribution < -0.4 is 0 Å². The van der Waals surface area contributed by atoms with Crippen molar-refractivity contribution < 1.29 is 26.5 Å². The van der Waals surface area contributed by atoms with E-state index in [-0.39, 0.29) is 24.7 Å². The number of hydrogen-bond donors (Lipinski definition) is 0. The molecule has 0 radical (unpaired) electrons. The molecule has 22 valence electrons. The van der Waals surface area contributed by atoms with Crippen molar-refractivity contribution in [1.29, 1.82) is 0 Å². The van der Waals surface area contributed by atoms with Crippen molar-refractivity contribution in [3.8, 4) is 0 Å². The van der Waals surface area contributed by atoms with Gasteiger partial charge in [0.15, 0.2) is 0 Å². The van der Waals surface area contributed by atoms with Gasteiger partial charge in [0.2, 0.25) is 0 Å². The zero-order chi connectivity index (χ0) is 4.00. The third-order valence-electron chi connectivity index (χ3n) is 0. The summed E-state index contributed by atoms with van der Waals surface area (Å²) in [6.45, 7) is 0. The molecule has 0 fully saturated rings. The summed E-state index contributed by atoms with van der Waals surface area (Å²) in [6, 6.07) is 0. The summed E-state index contributed by atoms with van der Waals surface area (Å²) in [5.74, 6) is 0. The van der Waals surface area contributed by atoms with Gasteiger partial charge in [-0.25, -0.2) is 0 Å². The number of hydrogen-bond acceptors (Lipinski definition) is 2. The molecule has 0 saturated heterocycles. The molecule has 0 aromatic carbocycles. The second-order valence-corrected chi connectivity index (χ2v) is 0. The van der Waals surface area contributed by atoms with Gasteiger partial charge in [0.1, 0.15) is 0 Å². The van der Waals surface area contributed by atoms with Crippen molar-refractivity contribution in [2.45, 2.75) is 0 Å². The van der Waals surface area contributed by atoms with Gasteiger partial charge in [-0.3, -0.25) is 0 Å². The van der Waals surface area contributed by atoms with Crippen LogP contribution in [0.15, 0.2) is 0 Å². The van der Waals surface area contributed by atoms with Crippen molar-refractivity contribution in [3.05, 3.63) is 0 Å². The summed E-state index contributed by atoms with van der Waals surface area (Å²) in [4.78, 5) is 0. The Morgan fingerprint density at radius 3 is 1.25 bits per heavy atom. The van der Waals surface area contributed by atoms with Crippen LogP contribution in [0.4, 0.5) is 0 Å². The fourth-order valence-electron chi connectivity index (χ4n) is 0. The quantitative estimate of drug-likeness (QED) is 0.543. The molecule has 0 amide bonds. The molecule has 0 N–H and O–H groups in total. The summed E-state index contributed by atoms with van der Waals surface area (Å²) < 4.78 is 16.6. The molecule has 0 saturated carbocycles. The fraction of sp³-hybridized carbons (Fsp3) is 0. The maximum atomic E-state index is 8.39. The second-order valence-electron chi connectivity index (χ2n) is 0. The zero-order valence-electron chi connectivity index (χ0n) is 1.82. The topological polar surface area (TPSA) is 34.1 Å². The molecular formula is HBiO2Ti. The van der Waals surface area contributed by atoms with Crippen LogP contribution in [0.25, 0.3) is 0 Å². The van der Waals surface area contributed by atoms with Crippen LogP contribution in [0.3, 0.4) is 0 Å². The van der Waals surface area contributed by atoms with E-state index in [1.807, 2.05) is 0 Å². The molecule has 2 nitrogen and oxygen atoms in total. The molecule has 4 heteroatoms. The summed E-state index contributed by atoms with van der Waals surface area (Å²) in [5.41, 5.74) is 0. The van der Waals surface area contributed by atoms with E-state index in [9.17, 15) is 0 Å². The van der Waals surface area contributed by atoms with Gasteiger partial charge in [0.25, 0.3) is 0 Å². The Labute approximate surface area is 51.0 Å². The Morgan fingerprint density at radius 2 is 1.25 bits per heavy atom. The van der Waals surface area contributed by atoms with Crippen molar-refractivity contribution in [2.24, 2.45) is 0 Å². The molecule has 0 atom stereocenters. The average molecular weight is 290 g/mol. The van der Waals surface area contributed by atoms with Crippen LogP contribution in [0, 0.1) is 0 Å². The van der Waals surface area contributed by atoms with Crippen molar-refractivity contribution in [3.63, 3.8) is 0 Å². The summed E-state index contributed by atoms with van der Waals surface area (Å²) >= 11 is 0.806. The van der Waals surface area contributed by atoms with Crippen LogP contribution in [-0.2, 0) is 26.5 Å². The van der Waals surface area contributed by atoms with Gasteiger partial charge in [-0.15, -0.1) is 0 Å². The van der Waals surface area contributed by atoms with Gasteiger partial charge in [-0.2, -0.15) is 0 Å². The molecule has 0 spiro atoms. The Hall–Kier alpha value is 1.20. The zero-order valence-corrected chi connectivity index (χ0v) is 7.27. The minimum atomic E-state index is 0.0556. The van der Waals surface area contributed by atoms with E-state index in [0.29, 0.717) is 0 Å². The van der Waals surface area contributed by atoms with Crippen molar-refractivity contribution in [1.82, 2.24) is 0 Å². The van der Waals surface area contributed by atoms with E-state index in [0.717, 1.165) is 20.4 Å². The SMILES string of the molecule is [O]=[BiH].[O]=[Ti]. The molecule has 4 heavy (non-hydrogen) atoms. The first-order chi connectivity index (χ1) is 2.00. The minimum absolute atomic E-state index is 0.0556. The van der Waals surface area contributed by atoms with Gasteiger partial charge in [-0.1, -0.05) is 0 Å². The molecule has 0 aromatic rings. The molecule has 0 unspecified atom stereocenters. The molecule has 0 aliphatic rings. The van der Waals surface area contributed by atoms with Gasteiger partial charge in [0, 0.05) is 0 Å². The van der Waals surface area contributed by atoms with Crippen LogP contribution in [0.1, 0.15) is 0 Å². The average Bonchev–Trinajstić information content (AvgIpc) is 1.50. The van der Waals surface area contributed by atoms with E-state index in [1.165, 1.54) is 0 Å². The maximum absolute atomic E-state index is 8.39. The van der Waals surface area contributed by atoms with Gasteiger partial charge < -0.3 is 0 Å². The first kappa shape index (κ1) is 8.96. The Kier molecular flexibility index (Phi) is 67.0. The van der Waals surface area contributed by atoms with Gasteiger partial charge >= 0.3 is 51.3 Å². The van der Waals surface area contributed by atoms with Crippen LogP contribution >= 0.6 is 0 Å². The van der Waals surface area contributed by atoms with Crippen molar-refractivity contribution in [2.75, 3.05) is 0 Å². The summed E-state index contributed by atoms with van der Waals surface area (Å²) in [7, 11) is 0. The first-order valence-electron chi connectivity index (χ1n) is 0.408. The van der Waals surface area contributed by atoms with E-state index >= 15 is 0 Å². The molecule has 0 rings (SSSR count). The second kappa shape index (κ2) is 29.9. The molecule has 0 aliphatic carbocycles. The molecule has 0 aliphatic heterocycles. The van der Waals surface area contributed by atoms with Gasteiger partial charge in [-0.05, 0) is 0 Å². The third kappa shape index (κ3) is 10.8. The summed E-state index contributed by atoms with van der Waals surface area (Å²) in [5, 5.41) is 0. The van der Waals surface area contributed by atoms with Crippen molar-refractivity contribution >= 4 is 24.7 Å². The van der Waals surface area contributed by atoms with E-state index < -0.39 is 0 Å². The molecule has 0 aromatic heterocycles. The Balaban J connectivity index is 0. The Bertz CT molecular complexity index is 8.00. The van der Waals surface area contributed by atoms with Gasteiger partial charge in [0.05, 0.1) is 0 Å². The van der Waals surface area contributed by atoms with Crippen LogP contribution in [-0.4, -0.2) is 24.7 Å². The summed E-state index contributed by atoms with van der Waals surface area (Å²) in [6.07, 6.45) is 0. The normalized spacial score (nSPS) is 1.75. The first-order valence-corrected chi connectivity index (χ1v) is 2.63.